The fraction of sp³-hybridized carbons (Fsp3) is 1.00. The summed E-state index contributed by atoms with van der Waals surface area (Å²) in [5.74, 6) is -0.566. The zero-order valence-electron chi connectivity index (χ0n) is 5.82. The fourth-order valence-electron chi connectivity index (χ4n) is 0.361. The zero-order chi connectivity index (χ0) is 7.49. The summed E-state index contributed by atoms with van der Waals surface area (Å²) in [6.45, 7) is 1.63. The van der Waals surface area contributed by atoms with Crippen LogP contribution in [-0.2, 0) is 10.1 Å². The molecular weight excluding hydrogens is 353 g/mol. The van der Waals surface area contributed by atoms with Gasteiger partial charge in [0.15, 0.2) is 0 Å². The van der Waals surface area contributed by atoms with Gasteiger partial charge in [0.2, 0.25) is 0 Å². The summed E-state index contributed by atoms with van der Waals surface area (Å²) in [6.07, 6.45) is -0.611. The van der Waals surface area contributed by atoms with Gasteiger partial charge >= 0.3 is 26.2 Å². The molecule has 1 unspecified atom stereocenters. The second-order valence-electron chi connectivity index (χ2n) is 1.81. The van der Waals surface area contributed by atoms with Crippen molar-refractivity contribution in [3.8, 4) is 0 Å². The summed E-state index contributed by atoms with van der Waals surface area (Å²) in [5, 5.41) is 8.65. The van der Waals surface area contributed by atoms with E-state index in [1.165, 1.54) is 0 Å². The van der Waals surface area contributed by atoms with E-state index in [2.05, 4.69) is 0 Å². The number of hydrogen-bond donors (Lipinski definition) is 2. The molecule has 0 heterocycles. The molecule has 0 bridgehead atoms. The van der Waals surface area contributed by atoms with Gasteiger partial charge in [-0.3, -0.25) is 4.55 Å². The van der Waals surface area contributed by atoms with E-state index in [0.717, 1.165) is 0 Å². The van der Waals surface area contributed by atoms with Gasteiger partial charge in [-0.1, -0.05) is 6.92 Å². The molecule has 2 N–H and O–H groups in total. The van der Waals surface area contributed by atoms with Crippen molar-refractivity contribution in [1.82, 2.24) is 0 Å². The Morgan fingerprint density at radius 3 is 2.00 bits per heavy atom. The van der Waals surface area contributed by atoms with Crippen LogP contribution in [0.25, 0.3) is 0 Å². The SMILES string of the molecule is CCC(O)CS(=O)(=O)O.[BiH3]. The normalized spacial score (nSPS) is 13.9. The molecule has 0 rings (SSSR count). The Bertz CT molecular complexity index is 164. The van der Waals surface area contributed by atoms with Crippen molar-refractivity contribution >= 4 is 36.3 Å². The van der Waals surface area contributed by atoms with Crippen molar-refractivity contribution in [2.45, 2.75) is 19.4 Å². The maximum atomic E-state index is 10.00. The summed E-state index contributed by atoms with van der Waals surface area (Å²) >= 11 is 0. The van der Waals surface area contributed by atoms with Crippen LogP contribution in [0.2, 0.25) is 0 Å². The van der Waals surface area contributed by atoms with Crippen molar-refractivity contribution in [2.24, 2.45) is 0 Å². The van der Waals surface area contributed by atoms with E-state index >= 15 is 0 Å². The van der Waals surface area contributed by atoms with Crippen LogP contribution in [0.4, 0.5) is 0 Å². The van der Waals surface area contributed by atoms with E-state index in [0.29, 0.717) is 6.42 Å². The standard InChI is InChI=1S/C4H10O4S.Bi.3H/c1-2-4(5)3-9(6,7)8;;;;/h4-5H,2-3H2,1H3,(H,6,7,8);;;;. The predicted molar refractivity (Wildman–Crippen MR) is 42.7 cm³/mol. The van der Waals surface area contributed by atoms with Gasteiger partial charge in [-0.15, -0.1) is 0 Å². The first-order valence-electron chi connectivity index (χ1n) is 2.59. The van der Waals surface area contributed by atoms with Crippen LogP contribution in [-0.4, -0.2) is 56.1 Å². The van der Waals surface area contributed by atoms with Crippen molar-refractivity contribution in [1.29, 1.82) is 0 Å². The van der Waals surface area contributed by atoms with Crippen LogP contribution in [0.3, 0.4) is 0 Å². The van der Waals surface area contributed by atoms with E-state index in [9.17, 15) is 8.42 Å². The molecule has 0 aromatic rings. The number of hydrogen-bond acceptors (Lipinski definition) is 3. The maximum absolute atomic E-state index is 10.00. The summed E-state index contributed by atoms with van der Waals surface area (Å²) in [6, 6.07) is 0. The Hall–Kier alpha value is 0.753. The second-order valence-corrected chi connectivity index (χ2v) is 3.31. The van der Waals surface area contributed by atoms with Crippen molar-refractivity contribution in [3.63, 3.8) is 0 Å². The summed E-state index contributed by atoms with van der Waals surface area (Å²) < 4.78 is 28.1. The Kier molecular flexibility index (Phi) is 7.22. The first-order chi connectivity index (χ1) is 3.95. The first-order valence-corrected chi connectivity index (χ1v) is 4.20. The average molecular weight is 366 g/mol. The quantitative estimate of drug-likeness (QED) is 0.469. The third-order valence-electron chi connectivity index (χ3n) is 0.874. The van der Waals surface area contributed by atoms with Crippen LogP contribution in [0.1, 0.15) is 13.3 Å². The number of aliphatic hydroxyl groups excluding tert-OH is 1. The molecule has 0 aromatic heterocycles. The Labute approximate surface area is 79.5 Å². The van der Waals surface area contributed by atoms with E-state index in [1.54, 1.807) is 6.92 Å². The van der Waals surface area contributed by atoms with E-state index in [4.69, 9.17) is 9.66 Å². The molecule has 10 heavy (non-hydrogen) atoms. The second kappa shape index (κ2) is 5.41. The Morgan fingerprint density at radius 2 is 1.90 bits per heavy atom. The van der Waals surface area contributed by atoms with Gasteiger partial charge in [-0.05, 0) is 6.42 Å². The molecule has 0 aromatic carbocycles. The van der Waals surface area contributed by atoms with Gasteiger partial charge in [0.05, 0.1) is 6.10 Å². The van der Waals surface area contributed by atoms with E-state index in [1.807, 2.05) is 0 Å². The molecular formula is C4H13BiO4S. The molecule has 0 saturated carbocycles. The van der Waals surface area contributed by atoms with Gasteiger partial charge in [-0.25, -0.2) is 0 Å². The van der Waals surface area contributed by atoms with Gasteiger partial charge < -0.3 is 5.11 Å². The first kappa shape index (κ1) is 13.4. The van der Waals surface area contributed by atoms with E-state index < -0.39 is 22.0 Å². The van der Waals surface area contributed by atoms with Crippen LogP contribution in [0, 0.1) is 0 Å². The van der Waals surface area contributed by atoms with Gasteiger partial charge in [-0.2, -0.15) is 8.42 Å². The molecule has 64 valence electrons. The fourth-order valence-corrected chi connectivity index (χ4v) is 1.08. The topological polar surface area (TPSA) is 74.6 Å². The Balaban J connectivity index is 0. The zero-order valence-corrected chi connectivity index (χ0v) is 12.1. The molecule has 0 aliphatic heterocycles. The minimum absolute atomic E-state index is 0. The van der Waals surface area contributed by atoms with Crippen molar-refractivity contribution in [3.05, 3.63) is 0 Å². The number of aliphatic hydroxyl groups is 1. The summed E-state index contributed by atoms with van der Waals surface area (Å²) in [4.78, 5) is 0. The molecule has 6 heteroatoms. The van der Waals surface area contributed by atoms with Crippen LogP contribution < -0.4 is 0 Å². The molecule has 0 amide bonds. The van der Waals surface area contributed by atoms with Crippen LogP contribution in [0.5, 0.6) is 0 Å². The molecule has 0 saturated heterocycles. The molecule has 0 aliphatic carbocycles. The third-order valence-corrected chi connectivity index (χ3v) is 1.68. The molecule has 0 spiro atoms. The molecule has 1 atom stereocenters. The Morgan fingerprint density at radius 1 is 1.50 bits per heavy atom. The van der Waals surface area contributed by atoms with Crippen LogP contribution in [0.15, 0.2) is 0 Å². The van der Waals surface area contributed by atoms with Crippen molar-refractivity contribution in [2.75, 3.05) is 5.75 Å². The van der Waals surface area contributed by atoms with Crippen molar-refractivity contribution < 1.29 is 18.1 Å². The van der Waals surface area contributed by atoms with E-state index in [-0.39, 0.29) is 26.2 Å². The molecule has 0 fully saturated rings. The van der Waals surface area contributed by atoms with Gasteiger partial charge in [0.1, 0.15) is 5.75 Å². The summed E-state index contributed by atoms with van der Waals surface area (Å²) in [5.41, 5.74) is 0. The van der Waals surface area contributed by atoms with Gasteiger partial charge in [0, 0.05) is 0 Å². The minimum atomic E-state index is -3.99. The monoisotopic (exact) mass is 366 g/mol. The van der Waals surface area contributed by atoms with Gasteiger partial charge in [0.25, 0.3) is 10.1 Å². The van der Waals surface area contributed by atoms with Crippen LogP contribution >= 0.6 is 0 Å². The third kappa shape index (κ3) is 8.75. The molecule has 4 nitrogen and oxygen atoms in total. The number of rotatable bonds is 3. The molecule has 0 aliphatic rings. The predicted octanol–water partition coefficient (Wildman–Crippen LogP) is -1.54. The average Bonchev–Trinajstić information content (AvgIpc) is 1.62. The summed E-state index contributed by atoms with van der Waals surface area (Å²) in [7, 11) is -3.99. The molecule has 0 radical (unpaired) electrons.